The van der Waals surface area contributed by atoms with Gasteiger partial charge < -0.3 is 9.47 Å². The van der Waals surface area contributed by atoms with E-state index >= 15 is 0 Å². The summed E-state index contributed by atoms with van der Waals surface area (Å²) in [7, 11) is -1.09. The van der Waals surface area contributed by atoms with Crippen LogP contribution in [0.5, 0.6) is 5.75 Å². The lowest BCUT2D eigenvalue weighted by Crippen LogP contribution is -2.51. The summed E-state index contributed by atoms with van der Waals surface area (Å²) in [4.78, 5) is 13.5. The molecule has 0 spiro atoms. The number of benzene rings is 3. The Morgan fingerprint density at radius 1 is 0.871 bits per heavy atom. The summed E-state index contributed by atoms with van der Waals surface area (Å²) < 4.78 is 38.9. The molecule has 0 radical (unpaired) electrons. The highest BCUT2D eigenvalue weighted by Gasteiger charge is 2.59. The monoisotopic (exact) mass is 437 g/mol. The van der Waals surface area contributed by atoms with Crippen LogP contribution in [-0.4, -0.2) is 32.9 Å². The lowest BCUT2D eigenvalue weighted by atomic mass is 9.83. The Kier molecular flexibility index (Phi) is 5.56. The van der Waals surface area contributed by atoms with E-state index in [9.17, 15) is 13.2 Å². The van der Waals surface area contributed by atoms with Gasteiger partial charge in [-0.05, 0) is 29.3 Å². The van der Waals surface area contributed by atoms with E-state index in [0.717, 1.165) is 11.1 Å². The molecule has 0 amide bonds. The lowest BCUT2D eigenvalue weighted by Gasteiger charge is -2.35. The zero-order valence-corrected chi connectivity index (χ0v) is 18.1. The summed E-state index contributed by atoms with van der Waals surface area (Å²) in [6.45, 7) is 0.0168. The molecule has 3 aromatic rings. The van der Waals surface area contributed by atoms with E-state index in [1.165, 1.54) is 11.4 Å². The zero-order valence-electron chi connectivity index (χ0n) is 17.3. The van der Waals surface area contributed by atoms with E-state index in [-0.39, 0.29) is 17.9 Å². The van der Waals surface area contributed by atoms with Crippen molar-refractivity contribution in [2.45, 2.75) is 23.4 Å². The molecule has 1 heterocycles. The fourth-order valence-electron chi connectivity index (χ4n) is 4.14. The molecular formula is C24H23NO5S. The van der Waals surface area contributed by atoms with Gasteiger partial charge in [-0.25, -0.2) is 13.2 Å². The van der Waals surface area contributed by atoms with Gasteiger partial charge in [-0.15, -0.1) is 0 Å². The molecule has 0 fully saturated rings. The van der Waals surface area contributed by atoms with Crippen molar-refractivity contribution in [3.63, 3.8) is 0 Å². The molecule has 31 heavy (non-hydrogen) atoms. The number of nitrogens with zero attached hydrogens (tertiary/aromatic N) is 1. The number of sulfonamides is 1. The van der Waals surface area contributed by atoms with Crippen molar-refractivity contribution < 1.29 is 22.7 Å². The van der Waals surface area contributed by atoms with Crippen LogP contribution in [0.25, 0.3) is 0 Å². The second-order valence-corrected chi connectivity index (χ2v) is 9.20. The number of carbonyl (C=O) groups is 1. The van der Waals surface area contributed by atoms with Crippen LogP contribution >= 0.6 is 0 Å². The van der Waals surface area contributed by atoms with E-state index in [4.69, 9.17) is 9.47 Å². The van der Waals surface area contributed by atoms with Gasteiger partial charge in [0.25, 0.3) is 0 Å². The van der Waals surface area contributed by atoms with Gasteiger partial charge in [0.1, 0.15) is 5.75 Å². The Morgan fingerprint density at radius 2 is 1.52 bits per heavy atom. The molecule has 7 heteroatoms. The topological polar surface area (TPSA) is 72.9 Å². The first-order valence-corrected chi connectivity index (χ1v) is 11.2. The van der Waals surface area contributed by atoms with Crippen LogP contribution in [-0.2, 0) is 38.1 Å². The number of rotatable bonds is 6. The summed E-state index contributed by atoms with van der Waals surface area (Å²) >= 11 is 0. The molecule has 0 aliphatic carbocycles. The third kappa shape index (κ3) is 3.49. The second-order valence-electron chi connectivity index (χ2n) is 7.37. The van der Waals surface area contributed by atoms with Gasteiger partial charge in [0.15, 0.2) is 5.54 Å². The van der Waals surface area contributed by atoms with Crippen LogP contribution in [0.15, 0.2) is 83.8 Å². The summed E-state index contributed by atoms with van der Waals surface area (Å²) in [5.41, 5.74) is 0.489. The van der Waals surface area contributed by atoms with Crippen molar-refractivity contribution in [1.29, 1.82) is 0 Å². The highest BCUT2D eigenvalue weighted by atomic mass is 32.2. The van der Waals surface area contributed by atoms with Crippen molar-refractivity contribution in [3.05, 3.63) is 95.6 Å². The third-order valence-corrected chi connectivity index (χ3v) is 7.57. The minimum absolute atomic E-state index is 0.0168. The maximum Gasteiger partial charge on any atom is 0.332 e. The molecule has 6 nitrogen and oxygen atoms in total. The minimum atomic E-state index is -3.94. The Morgan fingerprint density at radius 3 is 2.16 bits per heavy atom. The number of methoxy groups -OCH3 is 2. The molecule has 0 saturated carbocycles. The van der Waals surface area contributed by atoms with Gasteiger partial charge in [0.2, 0.25) is 10.0 Å². The smallest absolute Gasteiger partial charge is 0.332 e. The van der Waals surface area contributed by atoms with Crippen LogP contribution in [0, 0.1) is 0 Å². The first-order valence-electron chi connectivity index (χ1n) is 9.81. The van der Waals surface area contributed by atoms with Gasteiger partial charge >= 0.3 is 5.97 Å². The van der Waals surface area contributed by atoms with Crippen molar-refractivity contribution in [2.75, 3.05) is 14.2 Å². The van der Waals surface area contributed by atoms with E-state index in [2.05, 4.69) is 0 Å². The zero-order chi connectivity index (χ0) is 22.1. The van der Waals surface area contributed by atoms with Crippen molar-refractivity contribution in [2.24, 2.45) is 0 Å². The van der Waals surface area contributed by atoms with Crippen LogP contribution in [0.1, 0.15) is 16.7 Å². The highest BCUT2D eigenvalue weighted by molar-refractivity contribution is 7.89. The molecule has 0 N–H and O–H groups in total. The Balaban J connectivity index is 1.91. The van der Waals surface area contributed by atoms with Crippen molar-refractivity contribution in [1.82, 2.24) is 4.31 Å². The van der Waals surface area contributed by atoms with E-state index in [1.807, 2.05) is 30.3 Å². The number of esters is 1. The molecule has 1 aliphatic rings. The van der Waals surface area contributed by atoms with Crippen LogP contribution in [0.3, 0.4) is 0 Å². The predicted octanol–water partition coefficient (Wildman–Crippen LogP) is 3.51. The molecular weight excluding hydrogens is 414 g/mol. The number of hydrogen-bond donors (Lipinski definition) is 0. The first kappa shape index (κ1) is 21.1. The normalized spacial score (nSPS) is 19.5. The Labute approximate surface area is 182 Å². The average Bonchev–Trinajstić information content (AvgIpc) is 2.99. The average molecular weight is 438 g/mol. The van der Waals surface area contributed by atoms with Gasteiger partial charge in [-0.2, -0.15) is 4.31 Å². The summed E-state index contributed by atoms with van der Waals surface area (Å²) in [6.07, 6.45) is 0.160. The SMILES string of the molecule is COC(=O)C1(Cc2ccccc2)c2ccccc2S(=O)(=O)N1Cc1ccc(OC)cc1. The van der Waals surface area contributed by atoms with Gasteiger partial charge in [0, 0.05) is 18.5 Å². The molecule has 0 saturated heterocycles. The molecule has 1 unspecified atom stereocenters. The Bertz CT molecular complexity index is 1190. The number of ether oxygens (including phenoxy) is 2. The van der Waals surface area contributed by atoms with Gasteiger partial charge in [-0.3, -0.25) is 0 Å². The van der Waals surface area contributed by atoms with E-state index in [0.29, 0.717) is 11.3 Å². The number of hydrogen-bond acceptors (Lipinski definition) is 5. The highest BCUT2D eigenvalue weighted by Crippen LogP contribution is 2.47. The maximum atomic E-state index is 13.6. The van der Waals surface area contributed by atoms with E-state index in [1.54, 1.807) is 55.6 Å². The van der Waals surface area contributed by atoms with Crippen molar-refractivity contribution >= 4 is 16.0 Å². The van der Waals surface area contributed by atoms with Crippen LogP contribution < -0.4 is 4.74 Å². The fraction of sp³-hybridized carbons (Fsp3) is 0.208. The number of fused-ring (bicyclic) bond motifs is 1. The van der Waals surface area contributed by atoms with Gasteiger partial charge in [0.05, 0.1) is 19.1 Å². The maximum absolute atomic E-state index is 13.6. The van der Waals surface area contributed by atoms with Gasteiger partial charge in [-0.1, -0.05) is 60.7 Å². The molecule has 1 atom stereocenters. The lowest BCUT2D eigenvalue weighted by molar-refractivity contribution is -0.153. The van der Waals surface area contributed by atoms with Crippen molar-refractivity contribution in [3.8, 4) is 5.75 Å². The summed E-state index contributed by atoms with van der Waals surface area (Å²) in [5, 5.41) is 0. The van der Waals surface area contributed by atoms with Crippen LogP contribution in [0.2, 0.25) is 0 Å². The quantitative estimate of drug-likeness (QED) is 0.552. The molecule has 3 aromatic carbocycles. The van der Waals surface area contributed by atoms with Crippen LogP contribution in [0.4, 0.5) is 0 Å². The molecule has 1 aliphatic heterocycles. The summed E-state index contributed by atoms with van der Waals surface area (Å²) in [6, 6.07) is 23.1. The molecule has 4 rings (SSSR count). The second kappa shape index (κ2) is 8.17. The first-order chi connectivity index (χ1) is 14.9. The summed E-state index contributed by atoms with van der Waals surface area (Å²) in [5.74, 6) is 0.0539. The Hall–Kier alpha value is -3.16. The fourth-order valence-corrected chi connectivity index (χ4v) is 6.11. The van der Waals surface area contributed by atoms with E-state index < -0.39 is 21.5 Å². The largest absolute Gasteiger partial charge is 0.497 e. The standard InChI is InChI=1S/C24H23NO5S/c1-29-20-14-12-19(13-15-20)17-25-24(23(26)30-2,16-18-8-4-3-5-9-18)21-10-6-7-11-22(21)31(25,27)28/h3-15H,16-17H2,1-2H3. The molecule has 160 valence electrons. The molecule has 0 aromatic heterocycles. The predicted molar refractivity (Wildman–Crippen MR) is 116 cm³/mol. The third-order valence-electron chi connectivity index (χ3n) is 5.64. The molecule has 0 bridgehead atoms. The minimum Gasteiger partial charge on any atom is -0.497 e. The number of carbonyl (C=O) groups excluding carboxylic acids is 1.